The van der Waals surface area contributed by atoms with E-state index in [0.29, 0.717) is 36.7 Å². The molecule has 0 aromatic heterocycles. The molecule has 0 bridgehead atoms. The Morgan fingerprint density at radius 3 is 2.33 bits per heavy atom. The molecule has 0 atom stereocenters. The lowest BCUT2D eigenvalue weighted by Gasteiger charge is -2.30. The van der Waals surface area contributed by atoms with E-state index < -0.39 is 15.6 Å². The average Bonchev–Trinajstić information content (AvgIpc) is 2.57. The molecule has 0 saturated carbocycles. The van der Waals surface area contributed by atoms with Crippen LogP contribution in [-0.2, 0) is 10.0 Å². The lowest BCUT2D eigenvalue weighted by atomic mass is 10.0. The Kier molecular flexibility index (Phi) is 7.88. The highest BCUT2D eigenvalue weighted by Crippen LogP contribution is 2.28. The van der Waals surface area contributed by atoms with Crippen LogP contribution in [0.2, 0.25) is 0 Å². The van der Waals surface area contributed by atoms with Gasteiger partial charge in [0.2, 0.25) is 10.0 Å². The topological polar surface area (TPSA) is 92.5 Å². The van der Waals surface area contributed by atoms with E-state index >= 15 is 0 Å². The molecule has 6 nitrogen and oxygen atoms in total. The van der Waals surface area contributed by atoms with E-state index in [1.54, 1.807) is 17.3 Å². The van der Waals surface area contributed by atoms with Gasteiger partial charge in [0, 0.05) is 30.7 Å². The summed E-state index contributed by atoms with van der Waals surface area (Å²) in [5.41, 5.74) is 6.94. The number of hydrogen-bond donors (Lipinski definition) is 2. The molecule has 0 aliphatic carbocycles. The summed E-state index contributed by atoms with van der Waals surface area (Å²) in [5, 5.41) is 2.86. The van der Waals surface area contributed by atoms with Crippen molar-refractivity contribution in [1.82, 2.24) is 9.62 Å². The first kappa shape index (κ1) is 23.9. The highest BCUT2D eigenvalue weighted by atomic mass is 35.5. The quantitative estimate of drug-likeness (QED) is 0.770. The first-order chi connectivity index (χ1) is 12.0. The second kappa shape index (κ2) is 8.90. The lowest BCUT2D eigenvalue weighted by molar-refractivity contribution is 0.0915. The molecule has 1 fully saturated rings. The second-order valence-corrected chi connectivity index (χ2v) is 9.95. The molecule has 0 spiro atoms. The monoisotopic (exact) mass is 417 g/mol. The number of amides is 1. The van der Waals surface area contributed by atoms with Gasteiger partial charge in [-0.05, 0) is 69.7 Å². The van der Waals surface area contributed by atoms with Crippen molar-refractivity contribution in [2.45, 2.75) is 57.9 Å². The summed E-state index contributed by atoms with van der Waals surface area (Å²) in [4.78, 5) is 12.8. The Balaban J connectivity index is 0.00000364. The Morgan fingerprint density at radius 2 is 1.81 bits per heavy atom. The van der Waals surface area contributed by atoms with Crippen LogP contribution in [0.4, 0.5) is 0 Å². The van der Waals surface area contributed by atoms with Crippen LogP contribution < -0.4 is 11.1 Å². The summed E-state index contributed by atoms with van der Waals surface area (Å²) >= 11 is 0. The number of hydrogen-bond acceptors (Lipinski definition) is 4. The van der Waals surface area contributed by atoms with Crippen molar-refractivity contribution in [3.05, 3.63) is 28.8 Å². The maximum atomic E-state index is 13.2. The van der Waals surface area contributed by atoms with Gasteiger partial charge < -0.3 is 11.1 Å². The highest BCUT2D eigenvalue weighted by Gasteiger charge is 2.31. The van der Waals surface area contributed by atoms with Gasteiger partial charge in [-0.3, -0.25) is 4.79 Å². The van der Waals surface area contributed by atoms with Crippen molar-refractivity contribution in [2.24, 2.45) is 11.7 Å². The van der Waals surface area contributed by atoms with Crippen LogP contribution >= 0.6 is 12.4 Å². The summed E-state index contributed by atoms with van der Waals surface area (Å²) in [6.45, 7) is 10.8. The standard InChI is InChI=1S/C19H31N3O3S.ClH/c1-13-6-8-22(9-7-13)26(24,25)17-11-16(10-14(2)15(17)3)18(23)21-19(4,5)12-20;/h10-11,13H,6-9,12,20H2,1-5H3,(H,21,23);1H. The number of carbonyl (C=O) groups is 1. The Bertz CT molecular complexity index is 786. The SMILES string of the molecule is Cc1cc(C(=O)NC(C)(C)CN)cc(S(=O)(=O)N2CCC(C)CC2)c1C.Cl. The fourth-order valence-electron chi connectivity index (χ4n) is 3.02. The maximum Gasteiger partial charge on any atom is 0.251 e. The normalized spacial score (nSPS) is 16.7. The average molecular weight is 418 g/mol. The summed E-state index contributed by atoms with van der Waals surface area (Å²) in [6.07, 6.45) is 1.73. The zero-order chi connectivity index (χ0) is 19.7. The number of nitrogens with one attached hydrogen (secondary N) is 1. The van der Waals surface area contributed by atoms with Crippen molar-refractivity contribution in [3.63, 3.8) is 0 Å². The van der Waals surface area contributed by atoms with Gasteiger partial charge in [-0.2, -0.15) is 4.31 Å². The van der Waals surface area contributed by atoms with Gasteiger partial charge in [-0.1, -0.05) is 6.92 Å². The number of halogens is 1. The molecule has 0 unspecified atom stereocenters. The van der Waals surface area contributed by atoms with Gasteiger partial charge in [-0.25, -0.2) is 8.42 Å². The molecule has 1 amide bonds. The highest BCUT2D eigenvalue weighted by molar-refractivity contribution is 7.89. The molecule has 1 aromatic rings. The Labute approximate surface area is 169 Å². The van der Waals surface area contributed by atoms with Crippen molar-refractivity contribution < 1.29 is 13.2 Å². The van der Waals surface area contributed by atoms with Crippen LogP contribution in [0.25, 0.3) is 0 Å². The molecule has 1 aliphatic rings. The summed E-state index contributed by atoms with van der Waals surface area (Å²) in [6, 6.07) is 3.23. The number of nitrogens with two attached hydrogens (primary N) is 1. The van der Waals surface area contributed by atoms with Gasteiger partial charge in [0.05, 0.1) is 4.90 Å². The fourth-order valence-corrected chi connectivity index (χ4v) is 4.81. The third kappa shape index (κ3) is 5.44. The summed E-state index contributed by atoms with van der Waals surface area (Å²) in [5.74, 6) is 0.229. The van der Waals surface area contributed by atoms with E-state index in [1.807, 2.05) is 20.8 Å². The molecule has 0 radical (unpaired) electrons. The van der Waals surface area contributed by atoms with E-state index in [0.717, 1.165) is 18.4 Å². The minimum absolute atomic E-state index is 0. The van der Waals surface area contributed by atoms with Crippen LogP contribution in [0.3, 0.4) is 0 Å². The van der Waals surface area contributed by atoms with E-state index in [2.05, 4.69) is 12.2 Å². The molecule has 8 heteroatoms. The van der Waals surface area contributed by atoms with Crippen LogP contribution in [0.1, 0.15) is 55.1 Å². The van der Waals surface area contributed by atoms with E-state index in [1.165, 1.54) is 6.07 Å². The van der Waals surface area contributed by atoms with Crippen molar-refractivity contribution in [2.75, 3.05) is 19.6 Å². The Morgan fingerprint density at radius 1 is 1.26 bits per heavy atom. The van der Waals surface area contributed by atoms with Crippen molar-refractivity contribution >= 4 is 28.3 Å². The number of rotatable bonds is 5. The number of piperidine rings is 1. The number of carbonyl (C=O) groups excluding carboxylic acids is 1. The van der Waals surface area contributed by atoms with Crippen LogP contribution in [0.5, 0.6) is 0 Å². The largest absolute Gasteiger partial charge is 0.346 e. The first-order valence-electron chi connectivity index (χ1n) is 9.12. The van der Waals surface area contributed by atoms with Gasteiger partial charge in [0.25, 0.3) is 5.91 Å². The first-order valence-corrected chi connectivity index (χ1v) is 10.6. The molecule has 2 rings (SSSR count). The van der Waals surface area contributed by atoms with E-state index in [-0.39, 0.29) is 23.2 Å². The van der Waals surface area contributed by atoms with E-state index in [9.17, 15) is 13.2 Å². The third-order valence-corrected chi connectivity index (χ3v) is 7.23. The van der Waals surface area contributed by atoms with Crippen LogP contribution in [0.15, 0.2) is 17.0 Å². The van der Waals surface area contributed by atoms with Crippen molar-refractivity contribution in [3.8, 4) is 0 Å². The lowest BCUT2D eigenvalue weighted by Crippen LogP contribution is -2.48. The van der Waals surface area contributed by atoms with E-state index in [4.69, 9.17) is 5.73 Å². The van der Waals surface area contributed by atoms with Gasteiger partial charge in [-0.15, -0.1) is 12.4 Å². The summed E-state index contributed by atoms with van der Waals surface area (Å²) in [7, 11) is -3.62. The Hall–Kier alpha value is -1.15. The number of nitrogens with zero attached hydrogens (tertiary/aromatic N) is 1. The number of sulfonamides is 1. The molecular formula is C19H32ClN3O3S. The minimum atomic E-state index is -3.62. The number of aryl methyl sites for hydroxylation is 1. The van der Waals surface area contributed by atoms with Crippen molar-refractivity contribution in [1.29, 1.82) is 0 Å². The zero-order valence-electron chi connectivity index (χ0n) is 16.8. The minimum Gasteiger partial charge on any atom is -0.346 e. The van der Waals surface area contributed by atoms with Gasteiger partial charge >= 0.3 is 0 Å². The van der Waals surface area contributed by atoms with Gasteiger partial charge in [0.1, 0.15) is 0 Å². The van der Waals surface area contributed by atoms with Gasteiger partial charge in [0.15, 0.2) is 0 Å². The predicted octanol–water partition coefficient (Wildman–Crippen LogP) is 2.61. The third-order valence-electron chi connectivity index (χ3n) is 5.20. The molecule has 1 aliphatic heterocycles. The maximum absolute atomic E-state index is 13.2. The predicted molar refractivity (Wildman–Crippen MR) is 111 cm³/mol. The molecule has 154 valence electrons. The molecule has 3 N–H and O–H groups in total. The van der Waals surface area contributed by atoms with Crippen LogP contribution in [0, 0.1) is 19.8 Å². The molecule has 27 heavy (non-hydrogen) atoms. The number of benzene rings is 1. The molecule has 1 heterocycles. The molecule has 1 aromatic carbocycles. The molecule has 1 saturated heterocycles. The molecular weight excluding hydrogens is 386 g/mol. The fraction of sp³-hybridized carbons (Fsp3) is 0.632. The summed E-state index contributed by atoms with van der Waals surface area (Å²) < 4.78 is 27.9. The van der Waals surface area contributed by atoms with Crippen LogP contribution in [-0.4, -0.2) is 43.8 Å². The second-order valence-electron chi connectivity index (χ2n) is 8.05. The smallest absolute Gasteiger partial charge is 0.251 e. The zero-order valence-corrected chi connectivity index (χ0v) is 18.5.